The highest BCUT2D eigenvalue weighted by molar-refractivity contribution is 6.34. The molecule has 3 aromatic carbocycles. The molecule has 0 bridgehead atoms. The second-order valence-electron chi connectivity index (χ2n) is 9.43. The van der Waals surface area contributed by atoms with Gasteiger partial charge in [-0.3, -0.25) is 14.4 Å². The monoisotopic (exact) mass is 552 g/mol. The van der Waals surface area contributed by atoms with Crippen LogP contribution in [-0.4, -0.2) is 22.3 Å². The molecule has 1 aromatic heterocycles. The topological polar surface area (TPSA) is 92.2 Å². The van der Waals surface area contributed by atoms with Crippen LogP contribution >= 0.6 is 11.6 Å². The van der Waals surface area contributed by atoms with Gasteiger partial charge in [0, 0.05) is 42.6 Å². The molecule has 10 heteroatoms. The maximum atomic E-state index is 13.5. The zero-order chi connectivity index (χ0) is 28.3. The van der Waals surface area contributed by atoms with Gasteiger partial charge in [0.25, 0.3) is 11.8 Å². The molecule has 0 aliphatic carbocycles. The van der Waals surface area contributed by atoms with Gasteiger partial charge in [-0.1, -0.05) is 37.6 Å². The molecule has 0 unspecified atom stereocenters. The summed E-state index contributed by atoms with van der Waals surface area (Å²) in [5.41, 5.74) is 3.04. The van der Waals surface area contributed by atoms with Crippen LogP contribution in [0.1, 0.15) is 45.8 Å². The molecule has 0 fully saturated rings. The van der Waals surface area contributed by atoms with Gasteiger partial charge in [-0.15, -0.1) is 0 Å². The number of halogens is 3. The van der Waals surface area contributed by atoms with Gasteiger partial charge in [0.1, 0.15) is 5.69 Å². The number of anilines is 1. The maximum Gasteiger partial charge on any atom is 0.268 e. The number of carbonyl (C=O) groups excluding carboxylic acids is 3. The van der Waals surface area contributed by atoms with Gasteiger partial charge in [0.05, 0.1) is 10.6 Å². The molecule has 4 aromatic rings. The Morgan fingerprint density at radius 2 is 1.54 bits per heavy atom. The fourth-order valence-corrected chi connectivity index (χ4v) is 4.22. The first-order valence-electron chi connectivity index (χ1n) is 12.2. The smallest absolute Gasteiger partial charge is 0.268 e. The second-order valence-corrected chi connectivity index (χ2v) is 9.84. The summed E-state index contributed by atoms with van der Waals surface area (Å²) in [4.78, 5) is 37.7. The number of nitrogens with one attached hydrogen (secondary N) is 3. The molecule has 0 aliphatic rings. The molecule has 0 radical (unpaired) electrons. The van der Waals surface area contributed by atoms with Crippen LogP contribution in [0.4, 0.5) is 14.5 Å². The van der Waals surface area contributed by atoms with Gasteiger partial charge in [-0.25, -0.2) is 8.78 Å². The predicted octanol–water partition coefficient (Wildman–Crippen LogP) is 5.56. The highest BCUT2D eigenvalue weighted by atomic mass is 35.5. The molecule has 0 spiro atoms. The van der Waals surface area contributed by atoms with Gasteiger partial charge >= 0.3 is 0 Å². The summed E-state index contributed by atoms with van der Waals surface area (Å²) >= 11 is 6.28. The zero-order valence-corrected chi connectivity index (χ0v) is 22.3. The van der Waals surface area contributed by atoms with E-state index in [2.05, 4.69) is 16.0 Å². The average molecular weight is 553 g/mol. The van der Waals surface area contributed by atoms with Crippen molar-refractivity contribution in [2.45, 2.75) is 26.9 Å². The fourth-order valence-electron chi connectivity index (χ4n) is 4.02. The van der Waals surface area contributed by atoms with Crippen LogP contribution < -0.4 is 16.0 Å². The molecule has 3 N–H and O–H groups in total. The minimum atomic E-state index is -0.980. The van der Waals surface area contributed by atoms with Gasteiger partial charge < -0.3 is 20.5 Å². The summed E-state index contributed by atoms with van der Waals surface area (Å²) < 4.78 is 28.3. The standard InChI is InChI=1S/C29H27ClF2N4O3/c1-16(2)27(37)33-14-17-4-7-22(30)21(10-17)28(38)35-20-6-9-25-19(12-20)13-26(36(25)3)29(39)34-15-18-5-8-23(31)24(32)11-18/h4-13,16H,14-15H2,1-3H3,(H,33,37)(H,34,39)(H,35,38). The van der Waals surface area contributed by atoms with Crippen molar-refractivity contribution in [1.82, 2.24) is 15.2 Å². The van der Waals surface area contributed by atoms with Crippen LogP contribution in [0.5, 0.6) is 0 Å². The molecule has 0 aliphatic heterocycles. The molecule has 7 nitrogen and oxygen atoms in total. The lowest BCUT2D eigenvalue weighted by atomic mass is 10.1. The normalized spacial score (nSPS) is 11.1. The van der Waals surface area contributed by atoms with E-state index in [1.165, 1.54) is 6.07 Å². The van der Waals surface area contributed by atoms with Crippen LogP contribution in [0, 0.1) is 17.6 Å². The fraction of sp³-hybridized carbons (Fsp3) is 0.207. The number of fused-ring (bicyclic) bond motifs is 1. The highest BCUT2D eigenvalue weighted by Crippen LogP contribution is 2.25. The van der Waals surface area contributed by atoms with E-state index < -0.39 is 23.4 Å². The summed E-state index contributed by atoms with van der Waals surface area (Å²) in [7, 11) is 1.73. The van der Waals surface area contributed by atoms with Crippen molar-refractivity contribution in [1.29, 1.82) is 0 Å². The lowest BCUT2D eigenvalue weighted by molar-refractivity contribution is -0.124. The van der Waals surface area contributed by atoms with Crippen LogP contribution in [-0.2, 0) is 24.9 Å². The number of nitrogens with zero attached hydrogens (tertiary/aromatic N) is 1. The summed E-state index contributed by atoms with van der Waals surface area (Å²) in [6.45, 7) is 3.89. The van der Waals surface area contributed by atoms with Crippen LogP contribution in [0.3, 0.4) is 0 Å². The Balaban J connectivity index is 1.47. The van der Waals surface area contributed by atoms with E-state index >= 15 is 0 Å². The quantitative estimate of drug-likeness (QED) is 0.267. The zero-order valence-electron chi connectivity index (χ0n) is 21.6. The SMILES string of the molecule is CC(C)C(=O)NCc1ccc(Cl)c(C(=O)Nc2ccc3c(c2)cc(C(=O)NCc2ccc(F)c(F)c2)n3C)c1. The maximum absolute atomic E-state index is 13.5. The van der Waals surface area contributed by atoms with Crippen LogP contribution in [0.15, 0.2) is 60.7 Å². The number of aryl methyl sites for hydroxylation is 1. The molecular formula is C29H27ClF2N4O3. The molecule has 0 saturated heterocycles. The van der Waals surface area contributed by atoms with Crippen molar-refractivity contribution in [2.75, 3.05) is 5.32 Å². The van der Waals surface area contributed by atoms with Crippen LogP contribution in [0.25, 0.3) is 10.9 Å². The summed E-state index contributed by atoms with van der Waals surface area (Å²) in [5.74, 6) is -2.99. The number of rotatable bonds is 8. The van der Waals surface area contributed by atoms with Gasteiger partial charge in [-0.05, 0) is 59.7 Å². The molecular weight excluding hydrogens is 526 g/mol. The Bertz CT molecular complexity index is 1580. The number of hydrogen-bond acceptors (Lipinski definition) is 3. The molecule has 4 rings (SSSR count). The Hall–Kier alpha value is -4.24. The van der Waals surface area contributed by atoms with E-state index in [4.69, 9.17) is 11.6 Å². The number of hydrogen-bond donors (Lipinski definition) is 3. The Morgan fingerprint density at radius 1 is 0.846 bits per heavy atom. The third kappa shape index (κ3) is 6.43. The largest absolute Gasteiger partial charge is 0.352 e. The molecule has 1 heterocycles. The van der Waals surface area contributed by atoms with E-state index in [1.54, 1.807) is 67.9 Å². The lowest BCUT2D eigenvalue weighted by Crippen LogP contribution is -2.27. The second kappa shape index (κ2) is 11.7. The number of aromatic nitrogens is 1. The van der Waals surface area contributed by atoms with E-state index in [-0.39, 0.29) is 35.5 Å². The van der Waals surface area contributed by atoms with E-state index in [1.807, 2.05) is 0 Å². The lowest BCUT2D eigenvalue weighted by Gasteiger charge is -2.11. The van der Waals surface area contributed by atoms with Crippen molar-refractivity contribution < 1.29 is 23.2 Å². The molecule has 0 saturated carbocycles. The average Bonchev–Trinajstić information content (AvgIpc) is 3.23. The number of carbonyl (C=O) groups is 3. The third-order valence-electron chi connectivity index (χ3n) is 6.24. The van der Waals surface area contributed by atoms with Crippen molar-refractivity contribution in [3.63, 3.8) is 0 Å². The number of amides is 3. The van der Waals surface area contributed by atoms with Crippen molar-refractivity contribution >= 4 is 45.9 Å². The minimum Gasteiger partial charge on any atom is -0.352 e. The first kappa shape index (κ1) is 27.8. The number of benzene rings is 3. The Morgan fingerprint density at radius 3 is 2.26 bits per heavy atom. The first-order valence-corrected chi connectivity index (χ1v) is 12.6. The van der Waals surface area contributed by atoms with Crippen LogP contribution in [0.2, 0.25) is 5.02 Å². The van der Waals surface area contributed by atoms with E-state index in [9.17, 15) is 23.2 Å². The van der Waals surface area contributed by atoms with Gasteiger partial charge in [0.15, 0.2) is 11.6 Å². The van der Waals surface area contributed by atoms with E-state index in [0.29, 0.717) is 22.3 Å². The molecule has 39 heavy (non-hydrogen) atoms. The van der Waals surface area contributed by atoms with Crippen molar-refractivity contribution in [3.8, 4) is 0 Å². The third-order valence-corrected chi connectivity index (χ3v) is 6.57. The Labute approximate surface area is 229 Å². The van der Waals surface area contributed by atoms with Crippen molar-refractivity contribution in [3.05, 3.63) is 99.7 Å². The Kier molecular flexibility index (Phi) is 8.30. The van der Waals surface area contributed by atoms with Gasteiger partial charge in [0.2, 0.25) is 5.91 Å². The van der Waals surface area contributed by atoms with E-state index in [0.717, 1.165) is 23.2 Å². The summed E-state index contributed by atoms with van der Waals surface area (Å²) in [6, 6.07) is 15.3. The summed E-state index contributed by atoms with van der Waals surface area (Å²) in [6.07, 6.45) is 0. The molecule has 0 atom stereocenters. The highest BCUT2D eigenvalue weighted by Gasteiger charge is 2.16. The summed E-state index contributed by atoms with van der Waals surface area (Å²) in [5, 5.41) is 9.33. The first-order chi connectivity index (χ1) is 18.5. The van der Waals surface area contributed by atoms with Crippen molar-refractivity contribution in [2.24, 2.45) is 13.0 Å². The molecule has 3 amide bonds. The van der Waals surface area contributed by atoms with Gasteiger partial charge in [-0.2, -0.15) is 0 Å². The minimum absolute atomic E-state index is 0.0276. The predicted molar refractivity (Wildman–Crippen MR) is 147 cm³/mol. The molecule has 202 valence electrons.